The van der Waals surface area contributed by atoms with Gasteiger partial charge < -0.3 is 10.2 Å². The number of aryl methyl sites for hydroxylation is 2. The molecule has 0 saturated heterocycles. The molecule has 0 fully saturated rings. The molecule has 0 amide bonds. The molecule has 0 aliphatic heterocycles. The summed E-state index contributed by atoms with van der Waals surface area (Å²) in [7, 11) is 0. The van der Waals surface area contributed by atoms with Gasteiger partial charge in [-0.25, -0.2) is 4.79 Å². The lowest BCUT2D eigenvalue weighted by atomic mass is 10.1. The highest BCUT2D eigenvalue weighted by Gasteiger charge is 2.12. The number of aliphatic carboxylic acids is 1. The topological polar surface area (TPSA) is 57.5 Å². The third-order valence-electron chi connectivity index (χ3n) is 2.11. The molecule has 1 atom stereocenters. The molecule has 1 rings (SSSR count). The lowest BCUT2D eigenvalue weighted by molar-refractivity contribution is -0.146. The number of aliphatic hydroxyl groups is 1. The van der Waals surface area contributed by atoms with Crippen molar-refractivity contribution in [3.63, 3.8) is 0 Å². The highest BCUT2D eigenvalue weighted by molar-refractivity contribution is 5.71. The maximum atomic E-state index is 10.3. The van der Waals surface area contributed by atoms with E-state index in [2.05, 4.69) is 0 Å². The number of rotatable bonds is 4. The second-order valence-electron chi connectivity index (χ2n) is 3.38. The Morgan fingerprint density at radius 2 is 1.93 bits per heavy atom. The summed E-state index contributed by atoms with van der Waals surface area (Å²) in [5.41, 5.74) is 2.23. The zero-order chi connectivity index (χ0) is 10.6. The van der Waals surface area contributed by atoms with E-state index in [9.17, 15) is 4.79 Å². The third kappa shape index (κ3) is 3.18. The fourth-order valence-electron chi connectivity index (χ4n) is 1.18. The Morgan fingerprint density at radius 3 is 2.43 bits per heavy atom. The average Bonchev–Trinajstić information content (AvgIpc) is 2.16. The van der Waals surface area contributed by atoms with E-state index < -0.39 is 12.1 Å². The summed E-state index contributed by atoms with van der Waals surface area (Å²) in [5.74, 6) is -1.16. The van der Waals surface area contributed by atoms with Crippen LogP contribution in [0.5, 0.6) is 0 Å². The van der Waals surface area contributed by atoms with Gasteiger partial charge in [-0.3, -0.25) is 0 Å². The molecule has 0 spiro atoms. The van der Waals surface area contributed by atoms with Gasteiger partial charge in [-0.2, -0.15) is 0 Å². The second kappa shape index (κ2) is 4.77. The van der Waals surface area contributed by atoms with Gasteiger partial charge in [-0.1, -0.05) is 29.8 Å². The SMILES string of the molecule is Cc1ccc(CC[C@@H](O)C(=O)O)cc1. The minimum absolute atomic E-state index is 0.262. The third-order valence-corrected chi connectivity index (χ3v) is 2.11. The Bertz CT molecular complexity index is 303. The fourth-order valence-corrected chi connectivity index (χ4v) is 1.18. The van der Waals surface area contributed by atoms with Gasteiger partial charge >= 0.3 is 5.97 Å². The summed E-state index contributed by atoms with van der Waals surface area (Å²) in [6.07, 6.45) is -0.400. The molecule has 1 aromatic rings. The van der Waals surface area contributed by atoms with Crippen LogP contribution in [0.1, 0.15) is 17.5 Å². The largest absolute Gasteiger partial charge is 0.479 e. The number of aliphatic hydroxyl groups excluding tert-OH is 1. The van der Waals surface area contributed by atoms with Crippen LogP contribution in [0, 0.1) is 6.92 Å². The molecule has 3 nitrogen and oxygen atoms in total. The molecule has 0 heterocycles. The molecule has 0 aliphatic rings. The van der Waals surface area contributed by atoms with Crippen molar-refractivity contribution in [1.82, 2.24) is 0 Å². The molecular weight excluding hydrogens is 180 g/mol. The van der Waals surface area contributed by atoms with Crippen molar-refractivity contribution in [2.75, 3.05) is 0 Å². The van der Waals surface area contributed by atoms with Crippen LogP contribution in [0.15, 0.2) is 24.3 Å². The van der Waals surface area contributed by atoms with Crippen LogP contribution < -0.4 is 0 Å². The Labute approximate surface area is 83.0 Å². The second-order valence-corrected chi connectivity index (χ2v) is 3.38. The molecule has 0 saturated carbocycles. The normalized spacial score (nSPS) is 12.4. The van der Waals surface area contributed by atoms with Crippen molar-refractivity contribution in [1.29, 1.82) is 0 Å². The van der Waals surface area contributed by atoms with Crippen molar-refractivity contribution >= 4 is 5.97 Å². The van der Waals surface area contributed by atoms with Crippen LogP contribution in [-0.4, -0.2) is 22.3 Å². The van der Waals surface area contributed by atoms with E-state index >= 15 is 0 Å². The van der Waals surface area contributed by atoms with Crippen molar-refractivity contribution in [3.05, 3.63) is 35.4 Å². The minimum atomic E-state index is -1.25. The summed E-state index contributed by atoms with van der Waals surface area (Å²) in [6.45, 7) is 2.00. The van der Waals surface area contributed by atoms with Crippen LogP contribution in [0.3, 0.4) is 0 Å². The lowest BCUT2D eigenvalue weighted by Crippen LogP contribution is -2.19. The molecule has 14 heavy (non-hydrogen) atoms. The van der Waals surface area contributed by atoms with E-state index in [0.717, 1.165) is 5.56 Å². The Morgan fingerprint density at radius 1 is 1.36 bits per heavy atom. The number of carbonyl (C=O) groups is 1. The molecule has 2 N–H and O–H groups in total. The van der Waals surface area contributed by atoms with Gasteiger partial charge in [-0.05, 0) is 25.3 Å². The maximum Gasteiger partial charge on any atom is 0.332 e. The van der Waals surface area contributed by atoms with Gasteiger partial charge in [0.15, 0.2) is 6.10 Å². The van der Waals surface area contributed by atoms with Crippen LogP contribution in [-0.2, 0) is 11.2 Å². The van der Waals surface area contributed by atoms with Crippen LogP contribution in [0.4, 0.5) is 0 Å². The van der Waals surface area contributed by atoms with E-state index in [-0.39, 0.29) is 6.42 Å². The number of carboxylic acids is 1. The number of benzene rings is 1. The van der Waals surface area contributed by atoms with Gasteiger partial charge in [0, 0.05) is 0 Å². The minimum Gasteiger partial charge on any atom is -0.479 e. The summed E-state index contributed by atoms with van der Waals surface area (Å²) >= 11 is 0. The molecule has 1 aromatic carbocycles. The predicted octanol–water partition coefficient (Wildman–Crippen LogP) is 1.37. The van der Waals surface area contributed by atoms with Crippen molar-refractivity contribution in [2.24, 2.45) is 0 Å². The van der Waals surface area contributed by atoms with Crippen molar-refractivity contribution < 1.29 is 15.0 Å². The van der Waals surface area contributed by atoms with Crippen LogP contribution in [0.25, 0.3) is 0 Å². The molecule has 0 bridgehead atoms. The standard InChI is InChI=1S/C11H14O3/c1-8-2-4-9(5-3-8)6-7-10(12)11(13)14/h2-5,10,12H,6-7H2,1H3,(H,13,14)/t10-/m1/s1. The molecular formula is C11H14O3. The van der Waals surface area contributed by atoms with Gasteiger partial charge in [0.05, 0.1) is 0 Å². The summed E-state index contributed by atoms with van der Waals surface area (Å²) in [6, 6.07) is 7.85. The van der Waals surface area contributed by atoms with Gasteiger partial charge in [0.1, 0.15) is 0 Å². The first-order valence-electron chi connectivity index (χ1n) is 4.56. The first kappa shape index (κ1) is 10.7. The zero-order valence-electron chi connectivity index (χ0n) is 8.10. The van der Waals surface area contributed by atoms with E-state index in [1.807, 2.05) is 31.2 Å². The van der Waals surface area contributed by atoms with Gasteiger partial charge in [0.2, 0.25) is 0 Å². The lowest BCUT2D eigenvalue weighted by Gasteiger charge is -2.05. The van der Waals surface area contributed by atoms with Crippen molar-refractivity contribution in [3.8, 4) is 0 Å². The maximum absolute atomic E-state index is 10.3. The van der Waals surface area contributed by atoms with Crippen LogP contribution in [0.2, 0.25) is 0 Å². The molecule has 0 radical (unpaired) electrons. The smallest absolute Gasteiger partial charge is 0.332 e. The number of hydrogen-bond acceptors (Lipinski definition) is 2. The van der Waals surface area contributed by atoms with E-state index in [1.54, 1.807) is 0 Å². The van der Waals surface area contributed by atoms with Gasteiger partial charge in [0.25, 0.3) is 0 Å². The molecule has 0 aromatic heterocycles. The number of carboxylic acid groups (broad SMARTS) is 1. The van der Waals surface area contributed by atoms with E-state index in [1.165, 1.54) is 5.56 Å². The zero-order valence-corrected chi connectivity index (χ0v) is 8.10. The molecule has 3 heteroatoms. The first-order chi connectivity index (χ1) is 6.59. The molecule has 0 aliphatic carbocycles. The molecule has 76 valence electrons. The first-order valence-corrected chi connectivity index (χ1v) is 4.56. The predicted molar refractivity (Wildman–Crippen MR) is 53.1 cm³/mol. The highest BCUT2D eigenvalue weighted by Crippen LogP contribution is 2.07. The summed E-state index contributed by atoms with van der Waals surface area (Å²) in [4.78, 5) is 10.3. The van der Waals surface area contributed by atoms with Crippen molar-refractivity contribution in [2.45, 2.75) is 25.9 Å². The fraction of sp³-hybridized carbons (Fsp3) is 0.364. The molecule has 0 unspecified atom stereocenters. The monoisotopic (exact) mass is 194 g/mol. The van der Waals surface area contributed by atoms with E-state index in [4.69, 9.17) is 10.2 Å². The quantitative estimate of drug-likeness (QED) is 0.761. The summed E-state index contributed by atoms with van der Waals surface area (Å²) in [5, 5.41) is 17.5. The highest BCUT2D eigenvalue weighted by atomic mass is 16.4. The Kier molecular flexibility index (Phi) is 3.65. The average molecular weight is 194 g/mol. The number of hydrogen-bond donors (Lipinski definition) is 2. The Balaban J connectivity index is 2.46. The van der Waals surface area contributed by atoms with E-state index in [0.29, 0.717) is 6.42 Å². The van der Waals surface area contributed by atoms with Crippen LogP contribution >= 0.6 is 0 Å². The summed E-state index contributed by atoms with van der Waals surface area (Å²) < 4.78 is 0. The Hall–Kier alpha value is -1.35. The van der Waals surface area contributed by atoms with Gasteiger partial charge in [-0.15, -0.1) is 0 Å².